The molecule has 1 aliphatic rings. The molecule has 0 aromatic carbocycles. The minimum absolute atomic E-state index is 0.0675. The van der Waals surface area contributed by atoms with Gasteiger partial charge in [0.2, 0.25) is 16.0 Å². The first-order valence-corrected chi connectivity index (χ1v) is 12.9. The lowest BCUT2D eigenvalue weighted by molar-refractivity contribution is 0.0406. The number of aromatic nitrogens is 3. The highest BCUT2D eigenvalue weighted by molar-refractivity contribution is 7.93. The van der Waals surface area contributed by atoms with Gasteiger partial charge in [0, 0.05) is 31.4 Å². The lowest BCUT2D eigenvalue weighted by Crippen LogP contribution is -2.35. The van der Waals surface area contributed by atoms with Crippen molar-refractivity contribution < 1.29 is 22.6 Å². The molecule has 1 N–H and O–H groups in total. The van der Waals surface area contributed by atoms with Crippen LogP contribution in [0.15, 0.2) is 21.2 Å². The number of nitrogens with one attached hydrogen (secondary N) is 1. The summed E-state index contributed by atoms with van der Waals surface area (Å²) >= 11 is 5.84. The van der Waals surface area contributed by atoms with Gasteiger partial charge < -0.3 is 14.2 Å². The molecular formula is C21H35ClN6O5S. The molecule has 34 heavy (non-hydrogen) atoms. The lowest BCUT2D eigenvalue weighted by atomic mass is 10.1. The maximum Gasteiger partial charge on any atom is 0.238 e. The van der Waals surface area contributed by atoms with E-state index < -0.39 is 21.2 Å². The van der Waals surface area contributed by atoms with Gasteiger partial charge in [-0.3, -0.25) is 9.29 Å². The molecule has 11 nitrogen and oxygen atoms in total. The van der Waals surface area contributed by atoms with Gasteiger partial charge in [-0.15, -0.1) is 10.2 Å². The van der Waals surface area contributed by atoms with E-state index in [1.807, 2.05) is 6.92 Å². The Morgan fingerprint density at radius 1 is 1.32 bits per heavy atom. The van der Waals surface area contributed by atoms with Crippen LogP contribution in [0, 0.1) is 5.92 Å². The third-order valence-corrected chi connectivity index (χ3v) is 7.65. The zero-order chi connectivity index (χ0) is 25.5. The number of amidine groups is 1. The van der Waals surface area contributed by atoms with Crippen molar-refractivity contribution in [2.75, 3.05) is 32.2 Å². The molecular weight excluding hydrogens is 484 g/mol. The fraction of sp³-hybridized carbons (Fsp3) is 0.714. The molecule has 1 fully saturated rings. The highest BCUT2D eigenvalue weighted by atomic mass is 35.5. The number of ether oxygens (including phenoxy) is 3. The second-order valence-corrected chi connectivity index (χ2v) is 11.0. The van der Waals surface area contributed by atoms with Gasteiger partial charge in [-0.1, -0.05) is 18.5 Å². The molecule has 0 spiro atoms. The molecule has 4 atom stereocenters. The molecule has 0 radical (unpaired) electrons. The Balaban J connectivity index is 2.42. The molecule has 0 unspecified atom stereocenters. The number of allylic oxidation sites excluding steroid dienone is 1. The van der Waals surface area contributed by atoms with Crippen molar-refractivity contribution in [2.24, 2.45) is 15.9 Å². The van der Waals surface area contributed by atoms with Crippen LogP contribution in [-0.4, -0.2) is 74.5 Å². The number of rotatable bonds is 12. The van der Waals surface area contributed by atoms with Gasteiger partial charge in [-0.25, -0.2) is 18.4 Å². The van der Waals surface area contributed by atoms with Crippen molar-refractivity contribution in [3.63, 3.8) is 0 Å². The molecule has 0 aliphatic carbocycles. The quantitative estimate of drug-likeness (QED) is 0.332. The van der Waals surface area contributed by atoms with Crippen LogP contribution in [0.3, 0.4) is 0 Å². The topological polar surface area (TPSA) is 129 Å². The van der Waals surface area contributed by atoms with E-state index in [9.17, 15) is 8.42 Å². The van der Waals surface area contributed by atoms with Crippen molar-refractivity contribution in [2.45, 2.75) is 64.0 Å². The summed E-state index contributed by atoms with van der Waals surface area (Å²) in [6.45, 7) is 11.0. The molecule has 13 heteroatoms. The fourth-order valence-electron chi connectivity index (χ4n) is 3.68. The van der Waals surface area contributed by atoms with Crippen LogP contribution in [0.1, 0.15) is 58.5 Å². The fourth-order valence-corrected chi connectivity index (χ4v) is 4.97. The van der Waals surface area contributed by atoms with Gasteiger partial charge in [0.1, 0.15) is 11.9 Å². The normalized spacial score (nSPS) is 21.6. The van der Waals surface area contributed by atoms with E-state index in [2.05, 4.69) is 31.6 Å². The molecule has 1 aliphatic heterocycles. The molecule has 2 heterocycles. The minimum atomic E-state index is -3.93. The van der Waals surface area contributed by atoms with Crippen molar-refractivity contribution >= 4 is 40.1 Å². The Kier molecular flexibility index (Phi) is 10.6. The summed E-state index contributed by atoms with van der Waals surface area (Å²) < 4.78 is 47.7. The van der Waals surface area contributed by atoms with E-state index in [-0.39, 0.29) is 43.2 Å². The Hall–Kier alpha value is -1.86. The number of anilines is 1. The first-order valence-electron chi connectivity index (χ1n) is 11.0. The summed E-state index contributed by atoms with van der Waals surface area (Å²) in [4.78, 5) is 8.04. The average molecular weight is 519 g/mol. The van der Waals surface area contributed by atoms with Crippen LogP contribution in [0.5, 0.6) is 0 Å². The third-order valence-electron chi connectivity index (χ3n) is 5.70. The zero-order valence-corrected chi connectivity index (χ0v) is 22.1. The second kappa shape index (κ2) is 12.7. The molecule has 192 valence electrons. The van der Waals surface area contributed by atoms with Crippen molar-refractivity contribution in [1.29, 1.82) is 0 Å². The Labute approximate surface area is 206 Å². The maximum atomic E-state index is 13.3. The standard InChI is InChI=1S/C21H35ClN6O5S/c1-13(22)10-24-19(23-5)15(3)16(4)34(29,30)27-21-26-25-20(18-9-8-14(2)33-18)28(21)17(11-31-6)12-32-7/h10,14-18H,5,8-9,11-12H2,1-4,6-7H3,(H,26,27)/b13-10+,24-19-/t14-,15+,16+,18-/m1/s1. The Morgan fingerprint density at radius 3 is 2.47 bits per heavy atom. The van der Waals surface area contributed by atoms with Crippen LogP contribution < -0.4 is 4.72 Å². The maximum absolute atomic E-state index is 13.3. The van der Waals surface area contributed by atoms with Gasteiger partial charge in [0.25, 0.3) is 0 Å². The predicted octanol–water partition coefficient (Wildman–Crippen LogP) is 3.32. The number of aliphatic imine (C=N–C) groups is 2. The summed E-state index contributed by atoms with van der Waals surface area (Å²) in [6, 6.07) is -0.367. The number of nitrogens with zero attached hydrogens (tertiary/aromatic N) is 5. The molecule has 0 saturated carbocycles. The molecule has 2 rings (SSSR count). The van der Waals surface area contributed by atoms with Crippen LogP contribution in [0.2, 0.25) is 0 Å². The van der Waals surface area contributed by atoms with E-state index in [1.54, 1.807) is 39.6 Å². The van der Waals surface area contributed by atoms with Crippen molar-refractivity contribution in [3.8, 4) is 0 Å². The molecule has 1 aromatic heterocycles. The Morgan fingerprint density at radius 2 is 1.97 bits per heavy atom. The van der Waals surface area contributed by atoms with E-state index in [4.69, 9.17) is 25.8 Å². The van der Waals surface area contributed by atoms with E-state index in [0.29, 0.717) is 10.9 Å². The first kappa shape index (κ1) is 28.4. The van der Waals surface area contributed by atoms with Gasteiger partial charge >= 0.3 is 0 Å². The summed E-state index contributed by atoms with van der Waals surface area (Å²) in [7, 11) is -0.803. The number of methoxy groups -OCH3 is 2. The zero-order valence-electron chi connectivity index (χ0n) is 20.6. The van der Waals surface area contributed by atoms with E-state index in [1.165, 1.54) is 6.20 Å². The van der Waals surface area contributed by atoms with E-state index >= 15 is 0 Å². The van der Waals surface area contributed by atoms with Crippen LogP contribution >= 0.6 is 11.6 Å². The van der Waals surface area contributed by atoms with Crippen molar-refractivity contribution in [1.82, 2.24) is 14.8 Å². The van der Waals surface area contributed by atoms with Crippen LogP contribution in [0.4, 0.5) is 5.95 Å². The monoisotopic (exact) mass is 518 g/mol. The second-order valence-electron chi connectivity index (χ2n) is 8.33. The first-order chi connectivity index (χ1) is 16.0. The predicted molar refractivity (Wildman–Crippen MR) is 133 cm³/mol. The SMILES string of the molecule is C=N/C(=N\C=C(/C)Cl)[C@@H](C)[C@H](C)S(=O)(=O)Nc1nnc([C@H]2CC[C@@H](C)O2)n1C(COC)COC. The summed E-state index contributed by atoms with van der Waals surface area (Å²) in [5.41, 5.74) is 0. The lowest BCUT2D eigenvalue weighted by Gasteiger charge is -2.24. The van der Waals surface area contributed by atoms with Gasteiger partial charge in [0.05, 0.1) is 30.6 Å². The number of halogens is 1. The van der Waals surface area contributed by atoms with Crippen LogP contribution in [0.25, 0.3) is 0 Å². The van der Waals surface area contributed by atoms with Gasteiger partial charge in [-0.2, -0.15) is 0 Å². The summed E-state index contributed by atoms with van der Waals surface area (Å²) in [5, 5.41) is 7.96. The average Bonchev–Trinajstić information content (AvgIpc) is 3.38. The minimum Gasteiger partial charge on any atom is -0.382 e. The highest BCUT2D eigenvalue weighted by Gasteiger charge is 2.35. The third kappa shape index (κ3) is 7.08. The number of sulfonamides is 1. The molecule has 1 aromatic rings. The van der Waals surface area contributed by atoms with Gasteiger partial charge in [-0.05, 0) is 40.3 Å². The summed E-state index contributed by atoms with van der Waals surface area (Å²) in [5.74, 6) is 0.272. The smallest absolute Gasteiger partial charge is 0.238 e. The van der Waals surface area contributed by atoms with E-state index in [0.717, 1.165) is 12.8 Å². The van der Waals surface area contributed by atoms with Gasteiger partial charge in [0.15, 0.2) is 5.82 Å². The molecule has 0 amide bonds. The highest BCUT2D eigenvalue weighted by Crippen LogP contribution is 2.34. The van der Waals surface area contributed by atoms with Crippen molar-refractivity contribution in [3.05, 3.63) is 17.1 Å². The molecule has 1 saturated heterocycles. The number of hydrogen-bond donors (Lipinski definition) is 1. The number of hydrogen-bond acceptors (Lipinski definition) is 8. The van der Waals surface area contributed by atoms with Crippen LogP contribution in [-0.2, 0) is 24.2 Å². The largest absolute Gasteiger partial charge is 0.382 e. The summed E-state index contributed by atoms with van der Waals surface area (Å²) in [6.07, 6.45) is 2.81. The Bertz CT molecular complexity index is 986. The molecule has 0 bridgehead atoms.